The second-order valence-electron chi connectivity index (χ2n) is 4.32. The Morgan fingerprint density at radius 2 is 1.76 bits per heavy atom. The van der Waals surface area contributed by atoms with Crippen LogP contribution in [0.3, 0.4) is 0 Å². The van der Waals surface area contributed by atoms with Gasteiger partial charge in [-0.2, -0.15) is 0 Å². The van der Waals surface area contributed by atoms with Crippen molar-refractivity contribution in [2.45, 2.75) is 11.8 Å². The van der Waals surface area contributed by atoms with E-state index in [2.05, 4.69) is 27.3 Å². The van der Waals surface area contributed by atoms with Crippen LogP contribution in [0.1, 0.15) is 5.56 Å². The van der Waals surface area contributed by atoms with Gasteiger partial charge in [0.25, 0.3) is 15.7 Å². The first kappa shape index (κ1) is 15.7. The smallest absolute Gasteiger partial charge is 0.269 e. The highest BCUT2D eigenvalue weighted by atomic mass is 127. The molecule has 2 aromatic carbocycles. The third kappa shape index (κ3) is 3.70. The first-order valence-corrected chi connectivity index (χ1v) is 8.39. The van der Waals surface area contributed by atoms with E-state index in [9.17, 15) is 18.5 Å². The highest BCUT2D eigenvalue weighted by Gasteiger charge is 2.16. The SMILES string of the molecule is Cc1ccc(NS(=O)(=O)c2ccc([N+](=O)[O-])cc2)cc1I. The number of rotatable bonds is 4. The minimum absolute atomic E-state index is 0.0244. The summed E-state index contributed by atoms with van der Waals surface area (Å²) in [6, 6.07) is 9.94. The van der Waals surface area contributed by atoms with Crippen LogP contribution in [0.25, 0.3) is 0 Å². The molecule has 0 aliphatic rings. The number of nitrogens with one attached hydrogen (secondary N) is 1. The van der Waals surface area contributed by atoms with Crippen LogP contribution in [-0.2, 0) is 10.0 Å². The van der Waals surface area contributed by atoms with Crippen molar-refractivity contribution in [3.8, 4) is 0 Å². The average molecular weight is 418 g/mol. The number of halogens is 1. The first-order valence-electron chi connectivity index (χ1n) is 5.83. The normalized spacial score (nSPS) is 11.1. The number of benzene rings is 2. The molecule has 0 aliphatic carbocycles. The molecule has 8 heteroatoms. The zero-order valence-corrected chi connectivity index (χ0v) is 13.9. The molecule has 0 heterocycles. The summed E-state index contributed by atoms with van der Waals surface area (Å²) in [5.41, 5.74) is 1.34. The molecule has 0 aliphatic heterocycles. The summed E-state index contributed by atoms with van der Waals surface area (Å²) in [6.07, 6.45) is 0. The molecule has 1 N–H and O–H groups in total. The van der Waals surface area contributed by atoms with Crippen LogP contribution in [0.2, 0.25) is 0 Å². The molecule has 0 radical (unpaired) electrons. The number of aryl methyl sites for hydroxylation is 1. The number of hydrogen-bond acceptors (Lipinski definition) is 4. The second-order valence-corrected chi connectivity index (χ2v) is 7.17. The lowest BCUT2D eigenvalue weighted by Crippen LogP contribution is -2.13. The molecule has 0 saturated heterocycles. The van der Waals surface area contributed by atoms with Crippen molar-refractivity contribution in [3.63, 3.8) is 0 Å². The van der Waals surface area contributed by atoms with Crippen LogP contribution in [0, 0.1) is 20.6 Å². The molecule has 21 heavy (non-hydrogen) atoms. The van der Waals surface area contributed by atoms with Gasteiger partial charge in [0.05, 0.1) is 9.82 Å². The van der Waals surface area contributed by atoms with Crippen LogP contribution < -0.4 is 4.72 Å². The van der Waals surface area contributed by atoms with Crippen LogP contribution in [-0.4, -0.2) is 13.3 Å². The molecule has 110 valence electrons. The topological polar surface area (TPSA) is 89.3 Å². The van der Waals surface area contributed by atoms with Gasteiger partial charge in [0, 0.05) is 21.4 Å². The quantitative estimate of drug-likeness (QED) is 0.469. The summed E-state index contributed by atoms with van der Waals surface area (Å²) >= 11 is 2.12. The summed E-state index contributed by atoms with van der Waals surface area (Å²) in [7, 11) is -3.76. The first-order chi connectivity index (χ1) is 9.79. The Hall–Kier alpha value is -1.68. The third-order valence-corrected chi connectivity index (χ3v) is 5.34. The summed E-state index contributed by atoms with van der Waals surface area (Å²) in [6.45, 7) is 1.93. The van der Waals surface area contributed by atoms with Gasteiger partial charge in [-0.25, -0.2) is 8.42 Å². The molecular weight excluding hydrogens is 407 g/mol. The zero-order valence-electron chi connectivity index (χ0n) is 10.9. The van der Waals surface area contributed by atoms with E-state index in [0.717, 1.165) is 21.3 Å². The molecule has 0 saturated carbocycles. The number of nitrogens with zero attached hydrogens (tertiary/aromatic N) is 1. The predicted molar refractivity (Wildman–Crippen MR) is 87.8 cm³/mol. The van der Waals surface area contributed by atoms with Gasteiger partial charge < -0.3 is 0 Å². The largest absolute Gasteiger partial charge is 0.280 e. The van der Waals surface area contributed by atoms with Crippen molar-refractivity contribution >= 4 is 44.0 Å². The Kier molecular flexibility index (Phi) is 4.47. The van der Waals surface area contributed by atoms with Crippen LogP contribution in [0.4, 0.5) is 11.4 Å². The average Bonchev–Trinajstić information content (AvgIpc) is 2.43. The fourth-order valence-electron chi connectivity index (χ4n) is 1.62. The number of nitro groups is 1. The number of hydrogen-bond donors (Lipinski definition) is 1. The fraction of sp³-hybridized carbons (Fsp3) is 0.0769. The van der Waals surface area contributed by atoms with Crippen molar-refractivity contribution in [1.82, 2.24) is 0 Å². The van der Waals surface area contributed by atoms with E-state index in [-0.39, 0.29) is 10.6 Å². The minimum Gasteiger partial charge on any atom is -0.280 e. The van der Waals surface area contributed by atoms with Crippen LogP contribution >= 0.6 is 22.6 Å². The van der Waals surface area contributed by atoms with E-state index in [4.69, 9.17) is 0 Å². The Bertz CT molecular complexity index is 788. The molecule has 0 bridgehead atoms. The maximum absolute atomic E-state index is 12.2. The molecular formula is C13H11IN2O4S. The maximum atomic E-state index is 12.2. The highest BCUT2D eigenvalue weighted by Crippen LogP contribution is 2.21. The van der Waals surface area contributed by atoms with E-state index in [1.165, 1.54) is 12.1 Å². The molecule has 0 aromatic heterocycles. The second kappa shape index (κ2) is 5.98. The number of non-ortho nitro benzene ring substituents is 1. The van der Waals surface area contributed by atoms with E-state index in [1.807, 2.05) is 13.0 Å². The molecule has 0 spiro atoms. The fourth-order valence-corrected chi connectivity index (χ4v) is 3.18. The van der Waals surface area contributed by atoms with Gasteiger partial charge in [-0.15, -0.1) is 0 Å². The lowest BCUT2D eigenvalue weighted by atomic mass is 10.2. The van der Waals surface area contributed by atoms with E-state index >= 15 is 0 Å². The standard InChI is InChI=1S/C13H11IN2O4S/c1-9-2-3-10(8-13(9)14)15-21(19,20)12-6-4-11(5-7-12)16(17)18/h2-8,15H,1H3. The van der Waals surface area contributed by atoms with Gasteiger partial charge in [-0.05, 0) is 59.3 Å². The third-order valence-electron chi connectivity index (χ3n) is 2.78. The predicted octanol–water partition coefficient (Wildman–Crippen LogP) is 3.31. The lowest BCUT2D eigenvalue weighted by molar-refractivity contribution is -0.384. The van der Waals surface area contributed by atoms with Gasteiger partial charge >= 0.3 is 0 Å². The van der Waals surface area contributed by atoms with Crippen LogP contribution in [0.15, 0.2) is 47.4 Å². The van der Waals surface area contributed by atoms with Gasteiger partial charge in [0.2, 0.25) is 0 Å². The van der Waals surface area contributed by atoms with Gasteiger partial charge in [0.15, 0.2) is 0 Å². The lowest BCUT2D eigenvalue weighted by Gasteiger charge is -2.09. The van der Waals surface area contributed by atoms with Crippen molar-refractivity contribution in [1.29, 1.82) is 0 Å². The summed E-state index contributed by atoms with van der Waals surface area (Å²) in [5.74, 6) is 0. The Morgan fingerprint density at radius 1 is 1.14 bits per heavy atom. The van der Waals surface area contributed by atoms with E-state index in [1.54, 1.807) is 12.1 Å². The number of sulfonamides is 1. The monoisotopic (exact) mass is 418 g/mol. The number of nitro benzene ring substituents is 1. The highest BCUT2D eigenvalue weighted by molar-refractivity contribution is 14.1. The van der Waals surface area contributed by atoms with Crippen molar-refractivity contribution in [2.75, 3.05) is 4.72 Å². The summed E-state index contributed by atoms with van der Waals surface area (Å²) in [5, 5.41) is 10.6. The van der Waals surface area contributed by atoms with E-state index in [0.29, 0.717) is 5.69 Å². The summed E-state index contributed by atoms with van der Waals surface area (Å²) in [4.78, 5) is 9.96. The Labute approximate surface area is 135 Å². The number of anilines is 1. The van der Waals surface area contributed by atoms with Gasteiger partial charge in [0.1, 0.15) is 0 Å². The minimum atomic E-state index is -3.76. The van der Waals surface area contributed by atoms with Crippen molar-refractivity contribution in [3.05, 3.63) is 61.7 Å². The summed E-state index contributed by atoms with van der Waals surface area (Å²) < 4.78 is 27.8. The molecule has 0 atom stereocenters. The van der Waals surface area contributed by atoms with Crippen LogP contribution in [0.5, 0.6) is 0 Å². The molecule has 2 aromatic rings. The van der Waals surface area contributed by atoms with Crippen molar-refractivity contribution in [2.24, 2.45) is 0 Å². The Balaban J connectivity index is 2.29. The van der Waals surface area contributed by atoms with E-state index < -0.39 is 14.9 Å². The molecule has 6 nitrogen and oxygen atoms in total. The maximum Gasteiger partial charge on any atom is 0.269 e. The van der Waals surface area contributed by atoms with Crippen molar-refractivity contribution < 1.29 is 13.3 Å². The Morgan fingerprint density at radius 3 is 2.29 bits per heavy atom. The molecule has 0 unspecified atom stereocenters. The van der Waals surface area contributed by atoms with Gasteiger partial charge in [-0.3, -0.25) is 14.8 Å². The van der Waals surface area contributed by atoms with Gasteiger partial charge in [-0.1, -0.05) is 6.07 Å². The molecule has 2 rings (SSSR count). The molecule has 0 fully saturated rings. The zero-order chi connectivity index (χ0) is 15.6. The molecule has 0 amide bonds.